The summed E-state index contributed by atoms with van der Waals surface area (Å²) in [6, 6.07) is 7.97. The van der Waals surface area contributed by atoms with E-state index < -0.39 is 0 Å². The summed E-state index contributed by atoms with van der Waals surface area (Å²) in [5.41, 5.74) is 4.33. The van der Waals surface area contributed by atoms with Crippen LogP contribution in [-0.4, -0.2) is 60.3 Å². The van der Waals surface area contributed by atoms with Crippen LogP contribution < -0.4 is 0 Å². The number of carbonyl (C=O) groups is 2. The zero-order chi connectivity index (χ0) is 23.5. The Bertz CT molecular complexity index is 1010. The van der Waals surface area contributed by atoms with Crippen molar-refractivity contribution >= 4 is 28.8 Å². The maximum Gasteiger partial charge on any atom is 0.338 e. The number of amides is 1. The SMILES string of the molecule is CCC1=C(C(=O)OC)[C@@H](c2ccc(C(C)C)cc2)N2C(CC(=O)N3CCOCC3)=CSC2=N1. The van der Waals surface area contributed by atoms with E-state index >= 15 is 0 Å². The van der Waals surface area contributed by atoms with Gasteiger partial charge in [0.15, 0.2) is 5.17 Å². The number of esters is 1. The summed E-state index contributed by atoms with van der Waals surface area (Å²) in [4.78, 5) is 34.7. The van der Waals surface area contributed by atoms with Gasteiger partial charge in [-0.2, -0.15) is 0 Å². The molecule has 0 bridgehead atoms. The third kappa shape index (κ3) is 4.73. The van der Waals surface area contributed by atoms with Gasteiger partial charge in [-0.25, -0.2) is 9.79 Å². The molecule has 8 heteroatoms. The van der Waals surface area contributed by atoms with Crippen molar-refractivity contribution in [2.45, 2.75) is 45.6 Å². The van der Waals surface area contributed by atoms with Crippen LogP contribution in [0.3, 0.4) is 0 Å². The maximum absolute atomic E-state index is 13.0. The van der Waals surface area contributed by atoms with Crippen molar-refractivity contribution in [3.63, 3.8) is 0 Å². The quantitative estimate of drug-likeness (QED) is 0.582. The number of ether oxygens (including phenoxy) is 2. The molecule has 0 aliphatic carbocycles. The number of methoxy groups -OCH3 is 1. The minimum atomic E-state index is -0.389. The molecule has 0 aromatic heterocycles. The number of benzene rings is 1. The smallest absolute Gasteiger partial charge is 0.338 e. The number of rotatable bonds is 6. The Morgan fingerprint density at radius 2 is 1.91 bits per heavy atom. The van der Waals surface area contributed by atoms with E-state index in [9.17, 15) is 9.59 Å². The zero-order valence-corrected chi connectivity index (χ0v) is 20.5. The molecule has 4 rings (SSSR count). The molecule has 1 saturated heterocycles. The number of morpholine rings is 1. The monoisotopic (exact) mass is 469 g/mol. The number of hydrogen-bond acceptors (Lipinski definition) is 7. The second-order valence-electron chi connectivity index (χ2n) is 8.59. The molecule has 33 heavy (non-hydrogen) atoms. The Hall–Kier alpha value is -2.58. The van der Waals surface area contributed by atoms with Gasteiger partial charge >= 0.3 is 5.97 Å². The molecular weight excluding hydrogens is 438 g/mol. The van der Waals surface area contributed by atoms with Crippen LogP contribution in [0.25, 0.3) is 0 Å². The Morgan fingerprint density at radius 3 is 2.52 bits per heavy atom. The first kappa shape index (κ1) is 23.6. The first-order valence-corrected chi connectivity index (χ1v) is 12.3. The highest BCUT2D eigenvalue weighted by Crippen LogP contribution is 2.45. The van der Waals surface area contributed by atoms with E-state index in [1.165, 1.54) is 24.4 Å². The molecule has 3 aliphatic rings. The van der Waals surface area contributed by atoms with Crippen LogP contribution in [0.15, 0.2) is 51.6 Å². The lowest BCUT2D eigenvalue weighted by molar-refractivity contribution is -0.136. The summed E-state index contributed by atoms with van der Waals surface area (Å²) in [5.74, 6) is 0.0850. The standard InChI is InChI=1S/C25H31N3O4S/c1-5-20-22(24(30)31-4)23(18-8-6-17(7-9-18)16(2)3)28-19(15-33-25(28)26-20)14-21(29)27-10-12-32-13-11-27/h6-9,15-16,23H,5,10-14H2,1-4H3/t23-/m1/s1. The van der Waals surface area contributed by atoms with Gasteiger partial charge in [0.25, 0.3) is 0 Å². The van der Waals surface area contributed by atoms with Crippen LogP contribution in [0.4, 0.5) is 0 Å². The van der Waals surface area contributed by atoms with Crippen molar-refractivity contribution in [1.82, 2.24) is 9.80 Å². The van der Waals surface area contributed by atoms with Gasteiger partial charge in [0.05, 0.1) is 44.1 Å². The first-order chi connectivity index (χ1) is 15.9. The second kappa shape index (κ2) is 10.1. The molecule has 0 spiro atoms. The van der Waals surface area contributed by atoms with Gasteiger partial charge in [-0.15, -0.1) is 0 Å². The third-order valence-electron chi connectivity index (χ3n) is 6.24. The number of thioether (sulfide) groups is 1. The average Bonchev–Trinajstić information content (AvgIpc) is 3.25. The fourth-order valence-electron chi connectivity index (χ4n) is 4.37. The van der Waals surface area contributed by atoms with Crippen LogP contribution in [0, 0.1) is 0 Å². The second-order valence-corrected chi connectivity index (χ2v) is 9.43. The Kier molecular flexibility index (Phi) is 7.24. The number of allylic oxidation sites excluding steroid dienone is 1. The van der Waals surface area contributed by atoms with E-state index in [1.807, 2.05) is 22.1 Å². The highest BCUT2D eigenvalue weighted by atomic mass is 32.2. The summed E-state index contributed by atoms with van der Waals surface area (Å²) in [7, 11) is 1.40. The summed E-state index contributed by atoms with van der Waals surface area (Å²) in [6.45, 7) is 8.65. The van der Waals surface area contributed by atoms with Gasteiger partial charge in [0, 0.05) is 18.8 Å². The van der Waals surface area contributed by atoms with E-state index in [4.69, 9.17) is 14.5 Å². The van der Waals surface area contributed by atoms with Crippen LogP contribution in [0.2, 0.25) is 0 Å². The highest BCUT2D eigenvalue weighted by molar-refractivity contribution is 8.16. The Labute approximate surface area is 199 Å². The first-order valence-electron chi connectivity index (χ1n) is 11.4. The van der Waals surface area contributed by atoms with Gasteiger partial charge in [0.2, 0.25) is 5.91 Å². The molecule has 0 radical (unpaired) electrons. The van der Waals surface area contributed by atoms with Gasteiger partial charge in [0.1, 0.15) is 0 Å². The summed E-state index contributed by atoms with van der Waals surface area (Å²) in [5, 5.41) is 2.78. The third-order valence-corrected chi connectivity index (χ3v) is 7.13. The molecule has 1 atom stereocenters. The van der Waals surface area contributed by atoms with Crippen LogP contribution >= 0.6 is 11.8 Å². The van der Waals surface area contributed by atoms with Crippen molar-refractivity contribution in [2.24, 2.45) is 4.99 Å². The zero-order valence-electron chi connectivity index (χ0n) is 19.7. The van der Waals surface area contributed by atoms with Gasteiger partial charge in [-0.3, -0.25) is 4.79 Å². The molecule has 0 N–H and O–H groups in total. The largest absolute Gasteiger partial charge is 0.466 e. The van der Waals surface area contributed by atoms with E-state index in [0.29, 0.717) is 44.2 Å². The van der Waals surface area contributed by atoms with E-state index in [2.05, 4.69) is 38.1 Å². The normalized spacial score (nSPS) is 20.6. The van der Waals surface area contributed by atoms with E-state index in [-0.39, 0.29) is 24.3 Å². The molecule has 1 aromatic rings. The van der Waals surface area contributed by atoms with Crippen molar-refractivity contribution in [2.75, 3.05) is 33.4 Å². The van der Waals surface area contributed by atoms with Gasteiger partial charge < -0.3 is 19.3 Å². The molecular formula is C25H31N3O4S. The van der Waals surface area contributed by atoms with Crippen molar-refractivity contribution in [1.29, 1.82) is 0 Å². The van der Waals surface area contributed by atoms with Crippen LogP contribution in [-0.2, 0) is 19.1 Å². The number of nitrogens with zero attached hydrogens (tertiary/aromatic N) is 3. The van der Waals surface area contributed by atoms with Crippen LogP contribution in [0.5, 0.6) is 0 Å². The summed E-state index contributed by atoms with van der Waals surface area (Å²) >= 11 is 1.50. The molecule has 1 aromatic carbocycles. The predicted molar refractivity (Wildman–Crippen MR) is 130 cm³/mol. The maximum atomic E-state index is 13.0. The molecule has 1 fully saturated rings. The fourth-order valence-corrected chi connectivity index (χ4v) is 5.31. The van der Waals surface area contributed by atoms with Gasteiger partial charge in [-0.05, 0) is 28.9 Å². The van der Waals surface area contributed by atoms with Crippen molar-refractivity contribution < 1.29 is 19.1 Å². The molecule has 1 amide bonds. The van der Waals surface area contributed by atoms with Crippen molar-refractivity contribution in [3.8, 4) is 0 Å². The number of carbonyl (C=O) groups excluding carboxylic acids is 2. The Balaban J connectivity index is 1.71. The number of aliphatic imine (C=N–C) groups is 1. The molecule has 3 aliphatic heterocycles. The summed E-state index contributed by atoms with van der Waals surface area (Å²) in [6.07, 6.45) is 0.869. The van der Waals surface area contributed by atoms with Crippen molar-refractivity contribution in [3.05, 3.63) is 57.8 Å². The molecule has 7 nitrogen and oxygen atoms in total. The highest BCUT2D eigenvalue weighted by Gasteiger charge is 2.41. The molecule has 0 saturated carbocycles. The lowest BCUT2D eigenvalue weighted by atomic mass is 9.91. The van der Waals surface area contributed by atoms with Gasteiger partial charge in [-0.1, -0.05) is 56.8 Å². The molecule has 0 unspecified atom stereocenters. The molecule has 3 heterocycles. The molecule has 176 valence electrons. The lowest BCUT2D eigenvalue weighted by Gasteiger charge is -2.37. The topological polar surface area (TPSA) is 71.4 Å². The number of amidine groups is 1. The van der Waals surface area contributed by atoms with E-state index in [0.717, 1.165) is 22.1 Å². The van der Waals surface area contributed by atoms with Crippen LogP contribution in [0.1, 0.15) is 56.7 Å². The summed E-state index contributed by atoms with van der Waals surface area (Å²) < 4.78 is 10.6. The Morgan fingerprint density at radius 1 is 1.21 bits per heavy atom. The average molecular weight is 470 g/mol. The van der Waals surface area contributed by atoms with E-state index in [1.54, 1.807) is 0 Å². The number of hydrogen-bond donors (Lipinski definition) is 0. The fraction of sp³-hybridized carbons (Fsp3) is 0.480. The predicted octanol–water partition coefficient (Wildman–Crippen LogP) is 4.20. The minimum Gasteiger partial charge on any atom is -0.466 e. The lowest BCUT2D eigenvalue weighted by Crippen LogP contribution is -2.42. The number of fused-ring (bicyclic) bond motifs is 1. The minimum absolute atomic E-state index is 0.0604.